The van der Waals surface area contributed by atoms with Gasteiger partial charge in [0, 0.05) is 24.3 Å². The third-order valence-corrected chi connectivity index (χ3v) is 5.42. The molecule has 1 aliphatic heterocycles. The van der Waals surface area contributed by atoms with E-state index in [1.807, 2.05) is 17.0 Å². The Balaban J connectivity index is 1.42. The molecule has 2 heterocycles. The minimum absolute atomic E-state index is 0.0336. The number of nitrogens with zero attached hydrogens (tertiary/aromatic N) is 2. The zero-order chi connectivity index (χ0) is 17.4. The van der Waals surface area contributed by atoms with E-state index >= 15 is 0 Å². The summed E-state index contributed by atoms with van der Waals surface area (Å²) in [7, 11) is 0. The van der Waals surface area contributed by atoms with Gasteiger partial charge in [-0.3, -0.25) is 9.89 Å². The third-order valence-electron chi connectivity index (χ3n) is 5.19. The lowest BCUT2D eigenvalue weighted by molar-refractivity contribution is -0.0231. The number of halogens is 1. The molecule has 0 unspecified atom stereocenters. The van der Waals surface area contributed by atoms with Crippen molar-refractivity contribution in [1.29, 1.82) is 0 Å². The fourth-order valence-corrected chi connectivity index (χ4v) is 4.12. The minimum Gasteiger partial charge on any atom is -0.488 e. The van der Waals surface area contributed by atoms with Gasteiger partial charge < -0.3 is 14.7 Å². The summed E-state index contributed by atoms with van der Waals surface area (Å²) in [5, 5.41) is 17.7. The number of rotatable bonds is 3. The maximum absolute atomic E-state index is 12.5. The van der Waals surface area contributed by atoms with E-state index < -0.39 is 6.10 Å². The normalized spacial score (nSPS) is 28.6. The van der Waals surface area contributed by atoms with Gasteiger partial charge in [-0.15, -0.1) is 0 Å². The number of benzene rings is 1. The fourth-order valence-electron chi connectivity index (χ4n) is 3.94. The number of ether oxygens (including phenoxy) is 1. The van der Waals surface area contributed by atoms with Crippen LogP contribution in [0.4, 0.5) is 0 Å². The Kier molecular flexibility index (Phi) is 4.39. The van der Waals surface area contributed by atoms with Crippen LogP contribution in [0.25, 0.3) is 0 Å². The molecule has 132 valence electrons. The Labute approximate surface area is 150 Å². The molecule has 2 aliphatic rings. The Morgan fingerprint density at radius 2 is 2.08 bits per heavy atom. The van der Waals surface area contributed by atoms with E-state index in [1.165, 1.54) is 0 Å². The number of carbonyl (C=O) groups excluding carboxylic acids is 1. The highest BCUT2D eigenvalue weighted by atomic mass is 35.5. The lowest BCUT2D eigenvalue weighted by Crippen LogP contribution is -2.42. The number of nitrogens with one attached hydrogen (secondary N) is 1. The summed E-state index contributed by atoms with van der Waals surface area (Å²) in [6.45, 7) is 1.36. The van der Waals surface area contributed by atoms with Crippen LogP contribution < -0.4 is 4.74 Å². The number of aliphatic hydroxyl groups excluding tert-OH is 1. The molecule has 0 bridgehead atoms. The number of H-pyrrole nitrogens is 1. The molecule has 1 aromatic heterocycles. The van der Waals surface area contributed by atoms with Crippen molar-refractivity contribution >= 4 is 17.5 Å². The van der Waals surface area contributed by atoms with E-state index in [1.54, 1.807) is 24.4 Å². The quantitative estimate of drug-likeness (QED) is 0.879. The molecular weight excluding hydrogens is 342 g/mol. The van der Waals surface area contributed by atoms with Crippen LogP contribution >= 0.6 is 11.6 Å². The summed E-state index contributed by atoms with van der Waals surface area (Å²) in [5.74, 6) is 1.27. The number of hydrogen-bond acceptors (Lipinski definition) is 4. The van der Waals surface area contributed by atoms with Crippen LogP contribution in [0.15, 0.2) is 36.5 Å². The van der Waals surface area contributed by atoms with Crippen molar-refractivity contribution in [2.24, 2.45) is 11.8 Å². The van der Waals surface area contributed by atoms with Crippen LogP contribution in [0, 0.1) is 11.8 Å². The van der Waals surface area contributed by atoms with Crippen molar-refractivity contribution in [2.75, 3.05) is 13.1 Å². The monoisotopic (exact) mass is 361 g/mol. The summed E-state index contributed by atoms with van der Waals surface area (Å²) in [4.78, 5) is 14.3. The van der Waals surface area contributed by atoms with Crippen molar-refractivity contribution in [1.82, 2.24) is 15.1 Å². The average Bonchev–Trinajstić information content (AvgIpc) is 3.24. The lowest BCUT2D eigenvalue weighted by atomic mass is 9.78. The van der Waals surface area contributed by atoms with E-state index in [4.69, 9.17) is 16.3 Å². The fraction of sp³-hybridized carbons (Fsp3) is 0.444. The lowest BCUT2D eigenvalue weighted by Gasteiger charge is -2.35. The largest absolute Gasteiger partial charge is 0.488 e. The zero-order valence-electron chi connectivity index (χ0n) is 13.6. The maximum Gasteiger partial charge on any atom is 0.271 e. The number of carbonyl (C=O) groups is 1. The first-order chi connectivity index (χ1) is 12.1. The van der Waals surface area contributed by atoms with Gasteiger partial charge in [0.15, 0.2) is 0 Å². The van der Waals surface area contributed by atoms with Gasteiger partial charge in [0.25, 0.3) is 5.91 Å². The molecule has 4 rings (SSSR count). The molecule has 1 amide bonds. The second-order valence-corrected chi connectivity index (χ2v) is 7.29. The first-order valence-corrected chi connectivity index (χ1v) is 8.87. The van der Waals surface area contributed by atoms with Crippen LogP contribution in [-0.4, -0.2) is 51.4 Å². The van der Waals surface area contributed by atoms with Crippen molar-refractivity contribution in [3.63, 3.8) is 0 Å². The number of amides is 1. The topological polar surface area (TPSA) is 78.5 Å². The number of aromatic nitrogens is 2. The van der Waals surface area contributed by atoms with E-state index in [0.29, 0.717) is 47.8 Å². The molecule has 2 N–H and O–H groups in total. The molecule has 1 aromatic carbocycles. The molecule has 7 heteroatoms. The van der Waals surface area contributed by atoms with Gasteiger partial charge in [-0.1, -0.05) is 17.7 Å². The van der Waals surface area contributed by atoms with Gasteiger partial charge in [-0.2, -0.15) is 5.10 Å². The zero-order valence-corrected chi connectivity index (χ0v) is 14.4. The molecule has 2 fully saturated rings. The van der Waals surface area contributed by atoms with Crippen LogP contribution in [0.5, 0.6) is 5.75 Å². The van der Waals surface area contributed by atoms with Gasteiger partial charge in [-0.25, -0.2) is 0 Å². The van der Waals surface area contributed by atoms with Crippen LogP contribution in [0.3, 0.4) is 0 Å². The number of aliphatic hydroxyl groups is 1. The predicted octanol–water partition coefficient (Wildman–Crippen LogP) is 2.35. The van der Waals surface area contributed by atoms with Gasteiger partial charge >= 0.3 is 0 Å². The second-order valence-electron chi connectivity index (χ2n) is 6.85. The van der Waals surface area contributed by atoms with E-state index in [-0.39, 0.29) is 12.0 Å². The molecule has 25 heavy (non-hydrogen) atoms. The molecule has 1 aliphatic carbocycles. The van der Waals surface area contributed by atoms with Crippen LogP contribution in [0.1, 0.15) is 23.3 Å². The van der Waals surface area contributed by atoms with Gasteiger partial charge in [0.2, 0.25) is 0 Å². The van der Waals surface area contributed by atoms with Gasteiger partial charge in [0.1, 0.15) is 17.5 Å². The predicted molar refractivity (Wildman–Crippen MR) is 92.6 cm³/mol. The number of fused-ring (bicyclic) bond motifs is 1. The van der Waals surface area contributed by atoms with Crippen molar-refractivity contribution in [2.45, 2.75) is 25.0 Å². The SMILES string of the molecule is O=C(c1ccn[nH]1)N1C[C@H]2C[C@@H](Oc3cccc(Cl)c3)[C@H](O)C[C@H]2C1. The molecule has 1 saturated heterocycles. The summed E-state index contributed by atoms with van der Waals surface area (Å²) in [5.41, 5.74) is 0.505. The van der Waals surface area contributed by atoms with Crippen LogP contribution in [-0.2, 0) is 0 Å². The molecular formula is C18H20ClN3O3. The summed E-state index contributed by atoms with van der Waals surface area (Å²) < 4.78 is 5.97. The smallest absolute Gasteiger partial charge is 0.271 e. The van der Waals surface area contributed by atoms with Crippen LogP contribution in [0.2, 0.25) is 5.02 Å². The standard InChI is InChI=1S/C18H20ClN3O3/c19-13-2-1-3-14(8-13)25-17-7-12-10-22(9-11(12)6-16(17)23)18(24)15-4-5-20-21-15/h1-5,8,11-12,16-17,23H,6-7,9-10H2,(H,20,21)/t11-,12+,16+,17+/m0/s1. The molecule has 0 radical (unpaired) electrons. The molecule has 4 atom stereocenters. The van der Waals surface area contributed by atoms with E-state index in [0.717, 1.165) is 6.42 Å². The van der Waals surface area contributed by atoms with Crippen molar-refractivity contribution < 1.29 is 14.6 Å². The Hall–Kier alpha value is -2.05. The average molecular weight is 362 g/mol. The first-order valence-electron chi connectivity index (χ1n) is 8.49. The van der Waals surface area contributed by atoms with Crippen molar-refractivity contribution in [3.05, 3.63) is 47.2 Å². The highest BCUT2D eigenvalue weighted by Gasteiger charge is 2.44. The minimum atomic E-state index is -0.539. The van der Waals surface area contributed by atoms with Crippen molar-refractivity contribution in [3.8, 4) is 5.75 Å². The number of hydrogen-bond donors (Lipinski definition) is 2. The Bertz CT molecular complexity index is 752. The highest BCUT2D eigenvalue weighted by Crippen LogP contribution is 2.38. The van der Waals surface area contributed by atoms with E-state index in [9.17, 15) is 9.90 Å². The Morgan fingerprint density at radius 3 is 2.80 bits per heavy atom. The summed E-state index contributed by atoms with van der Waals surface area (Å²) in [6, 6.07) is 8.90. The van der Waals surface area contributed by atoms with Gasteiger partial charge in [-0.05, 0) is 48.9 Å². The van der Waals surface area contributed by atoms with Gasteiger partial charge in [0.05, 0.1) is 6.10 Å². The summed E-state index contributed by atoms with van der Waals surface area (Å²) in [6.07, 6.45) is 2.13. The molecule has 6 nitrogen and oxygen atoms in total. The molecule has 0 spiro atoms. The second kappa shape index (κ2) is 6.69. The number of aromatic amines is 1. The Morgan fingerprint density at radius 1 is 1.28 bits per heavy atom. The molecule has 2 aromatic rings. The maximum atomic E-state index is 12.5. The molecule has 1 saturated carbocycles. The van der Waals surface area contributed by atoms with E-state index in [2.05, 4.69) is 10.2 Å². The third kappa shape index (κ3) is 3.37. The summed E-state index contributed by atoms with van der Waals surface area (Å²) >= 11 is 6.00. The number of likely N-dealkylation sites (tertiary alicyclic amines) is 1. The highest BCUT2D eigenvalue weighted by molar-refractivity contribution is 6.30. The first kappa shape index (κ1) is 16.4.